The van der Waals surface area contributed by atoms with Crippen LogP contribution in [0.1, 0.15) is 31.9 Å². The van der Waals surface area contributed by atoms with Crippen molar-refractivity contribution in [3.8, 4) is 0 Å². The predicted octanol–water partition coefficient (Wildman–Crippen LogP) is 4.47. The highest BCUT2D eigenvalue weighted by Gasteiger charge is 2.50. The Bertz CT molecular complexity index is 939. The normalized spacial score (nSPS) is 19.8. The van der Waals surface area contributed by atoms with Gasteiger partial charge in [-0.1, -0.05) is 62.2 Å². The number of amides is 1. The zero-order valence-electron chi connectivity index (χ0n) is 15.8. The minimum Gasteiger partial charge on any atom is -0.480 e. The summed E-state index contributed by atoms with van der Waals surface area (Å²) in [5.74, 6) is -1.34. The molecule has 3 N–H and O–H groups in total. The van der Waals surface area contributed by atoms with Crippen LogP contribution in [0.2, 0.25) is 10.0 Å². The van der Waals surface area contributed by atoms with Crippen LogP contribution in [0.3, 0.4) is 0 Å². The zero-order chi connectivity index (χ0) is 20.7. The van der Waals surface area contributed by atoms with E-state index in [0.29, 0.717) is 21.3 Å². The molecule has 1 amide bonds. The summed E-state index contributed by atoms with van der Waals surface area (Å²) >= 11 is 12.2. The van der Waals surface area contributed by atoms with Crippen LogP contribution >= 0.6 is 23.2 Å². The van der Waals surface area contributed by atoms with Gasteiger partial charge in [-0.25, -0.2) is 0 Å². The van der Waals surface area contributed by atoms with Gasteiger partial charge in [-0.15, -0.1) is 0 Å². The van der Waals surface area contributed by atoms with Crippen molar-refractivity contribution in [1.29, 1.82) is 0 Å². The van der Waals surface area contributed by atoms with E-state index in [1.54, 1.807) is 36.4 Å². The highest BCUT2D eigenvalue weighted by Crippen LogP contribution is 2.41. The average Bonchev–Trinajstić information content (AvgIpc) is 2.82. The summed E-state index contributed by atoms with van der Waals surface area (Å²) in [5, 5.41) is 16.9. The van der Waals surface area contributed by atoms with E-state index in [-0.39, 0.29) is 12.3 Å². The Morgan fingerprint density at radius 3 is 2.46 bits per heavy atom. The van der Waals surface area contributed by atoms with E-state index in [1.165, 1.54) is 0 Å². The summed E-state index contributed by atoms with van der Waals surface area (Å²) in [4.78, 5) is 25.2. The SMILES string of the molecule is CC(C)(C)[C@@H](NC1(Cc2cccc(Cl)c2)C(=O)Nc2cc(Cl)ccc21)C(=O)O. The van der Waals surface area contributed by atoms with Gasteiger partial charge in [0.05, 0.1) is 0 Å². The number of halogens is 2. The molecule has 0 aliphatic carbocycles. The molecule has 0 bridgehead atoms. The standard InChI is InChI=1S/C21H22Cl2N2O3/c1-20(2,3)17(18(26)27)25-21(11-12-5-4-6-13(22)9-12)15-8-7-14(23)10-16(15)24-19(21)28/h4-10,17,25H,11H2,1-3H3,(H,24,28)(H,26,27)/t17-,21?/m0/s1. The predicted molar refractivity (Wildman–Crippen MR) is 111 cm³/mol. The molecule has 28 heavy (non-hydrogen) atoms. The van der Waals surface area contributed by atoms with Crippen LogP contribution < -0.4 is 10.6 Å². The molecule has 0 spiro atoms. The Hall–Kier alpha value is -2.08. The van der Waals surface area contributed by atoms with Crippen molar-refractivity contribution in [3.05, 3.63) is 63.6 Å². The summed E-state index contributed by atoms with van der Waals surface area (Å²) in [6, 6.07) is 11.4. The monoisotopic (exact) mass is 420 g/mol. The lowest BCUT2D eigenvalue weighted by Gasteiger charge is -2.37. The fraction of sp³-hybridized carbons (Fsp3) is 0.333. The van der Waals surface area contributed by atoms with Gasteiger partial charge in [0.2, 0.25) is 5.91 Å². The maximum Gasteiger partial charge on any atom is 0.321 e. The van der Waals surface area contributed by atoms with Crippen molar-refractivity contribution in [1.82, 2.24) is 5.32 Å². The lowest BCUT2D eigenvalue weighted by molar-refractivity contribution is -0.143. The summed E-state index contributed by atoms with van der Waals surface area (Å²) in [6.45, 7) is 5.46. The molecule has 0 saturated heterocycles. The highest BCUT2D eigenvalue weighted by molar-refractivity contribution is 6.31. The minimum absolute atomic E-state index is 0.244. The Morgan fingerprint density at radius 2 is 1.86 bits per heavy atom. The van der Waals surface area contributed by atoms with E-state index < -0.39 is 23.0 Å². The quantitative estimate of drug-likeness (QED) is 0.666. The van der Waals surface area contributed by atoms with Crippen LogP contribution in [0.15, 0.2) is 42.5 Å². The molecule has 2 aromatic carbocycles. The summed E-state index contributed by atoms with van der Waals surface area (Å²) in [7, 11) is 0. The van der Waals surface area contributed by atoms with Crippen molar-refractivity contribution in [2.24, 2.45) is 5.41 Å². The fourth-order valence-electron chi connectivity index (χ4n) is 3.56. The van der Waals surface area contributed by atoms with Gasteiger partial charge >= 0.3 is 5.97 Å². The van der Waals surface area contributed by atoms with Gasteiger partial charge in [0.25, 0.3) is 0 Å². The van der Waals surface area contributed by atoms with E-state index in [2.05, 4.69) is 10.6 Å². The Labute approximate surface area is 174 Å². The van der Waals surface area contributed by atoms with Gasteiger partial charge in [-0.3, -0.25) is 14.9 Å². The molecule has 3 rings (SSSR count). The number of carboxylic acids is 1. The molecule has 0 radical (unpaired) electrons. The minimum atomic E-state index is -1.26. The van der Waals surface area contributed by atoms with E-state index in [9.17, 15) is 14.7 Å². The van der Waals surface area contributed by atoms with Crippen LogP contribution in [-0.4, -0.2) is 23.0 Å². The highest BCUT2D eigenvalue weighted by atomic mass is 35.5. The Morgan fingerprint density at radius 1 is 1.18 bits per heavy atom. The van der Waals surface area contributed by atoms with Crippen molar-refractivity contribution in [2.45, 2.75) is 38.8 Å². The zero-order valence-corrected chi connectivity index (χ0v) is 17.4. The third-order valence-electron chi connectivity index (χ3n) is 4.94. The molecule has 2 aromatic rings. The summed E-state index contributed by atoms with van der Waals surface area (Å²) in [6.07, 6.45) is 0.244. The van der Waals surface area contributed by atoms with E-state index >= 15 is 0 Å². The second-order valence-electron chi connectivity index (χ2n) is 8.14. The van der Waals surface area contributed by atoms with Crippen molar-refractivity contribution >= 4 is 40.8 Å². The number of rotatable bonds is 5. The number of carbonyl (C=O) groups is 2. The molecule has 1 aliphatic rings. The number of benzene rings is 2. The molecular weight excluding hydrogens is 399 g/mol. The first kappa shape index (κ1) is 20.6. The van der Waals surface area contributed by atoms with Crippen LogP contribution in [0.5, 0.6) is 0 Å². The van der Waals surface area contributed by atoms with Crippen LogP contribution in [0.4, 0.5) is 5.69 Å². The molecule has 2 atom stereocenters. The van der Waals surface area contributed by atoms with Gasteiger partial charge in [0, 0.05) is 27.7 Å². The summed E-state index contributed by atoms with van der Waals surface area (Å²) < 4.78 is 0. The number of nitrogens with one attached hydrogen (secondary N) is 2. The lowest BCUT2D eigenvalue weighted by atomic mass is 9.79. The molecule has 1 aliphatic heterocycles. The maximum absolute atomic E-state index is 13.2. The summed E-state index contributed by atoms with van der Waals surface area (Å²) in [5.41, 5.74) is 0.169. The number of carboxylic acid groups (broad SMARTS) is 1. The topological polar surface area (TPSA) is 78.4 Å². The van der Waals surface area contributed by atoms with Crippen molar-refractivity contribution < 1.29 is 14.7 Å². The van der Waals surface area contributed by atoms with E-state index in [4.69, 9.17) is 23.2 Å². The molecule has 1 heterocycles. The largest absolute Gasteiger partial charge is 0.480 e. The van der Waals surface area contributed by atoms with Gasteiger partial charge < -0.3 is 10.4 Å². The van der Waals surface area contributed by atoms with Crippen LogP contribution in [0.25, 0.3) is 0 Å². The molecular formula is C21H22Cl2N2O3. The van der Waals surface area contributed by atoms with Gasteiger partial charge in [0.1, 0.15) is 11.6 Å². The van der Waals surface area contributed by atoms with Crippen molar-refractivity contribution in [3.63, 3.8) is 0 Å². The fourth-order valence-corrected chi connectivity index (χ4v) is 3.95. The second-order valence-corrected chi connectivity index (χ2v) is 9.01. The number of aliphatic carboxylic acids is 1. The third kappa shape index (κ3) is 3.88. The molecule has 0 saturated carbocycles. The lowest BCUT2D eigenvalue weighted by Crippen LogP contribution is -2.59. The van der Waals surface area contributed by atoms with Gasteiger partial charge in [0.15, 0.2) is 0 Å². The molecule has 5 nitrogen and oxygen atoms in total. The Kier molecular flexibility index (Phi) is 5.45. The van der Waals surface area contributed by atoms with Gasteiger partial charge in [-0.2, -0.15) is 0 Å². The molecule has 0 fully saturated rings. The molecule has 148 valence electrons. The van der Waals surface area contributed by atoms with Crippen LogP contribution in [-0.2, 0) is 21.5 Å². The number of hydrogen-bond acceptors (Lipinski definition) is 3. The smallest absolute Gasteiger partial charge is 0.321 e. The van der Waals surface area contributed by atoms with Crippen molar-refractivity contribution in [2.75, 3.05) is 5.32 Å². The third-order valence-corrected chi connectivity index (χ3v) is 5.41. The number of anilines is 1. The average molecular weight is 421 g/mol. The number of hydrogen-bond donors (Lipinski definition) is 3. The number of fused-ring (bicyclic) bond motifs is 1. The van der Waals surface area contributed by atoms with Gasteiger partial charge in [-0.05, 0) is 35.2 Å². The maximum atomic E-state index is 13.2. The molecule has 0 aromatic heterocycles. The first-order valence-corrected chi connectivity index (χ1v) is 9.65. The van der Waals surface area contributed by atoms with Crippen LogP contribution in [0, 0.1) is 5.41 Å². The van der Waals surface area contributed by atoms with E-state index in [1.807, 2.05) is 26.8 Å². The first-order chi connectivity index (χ1) is 13.0. The first-order valence-electron chi connectivity index (χ1n) is 8.89. The Balaban J connectivity index is 2.15. The number of carbonyl (C=O) groups excluding carboxylic acids is 1. The van der Waals surface area contributed by atoms with E-state index in [0.717, 1.165) is 5.56 Å². The molecule has 1 unspecified atom stereocenters. The second kappa shape index (κ2) is 7.39. The molecule has 7 heteroatoms.